The van der Waals surface area contributed by atoms with Crippen molar-refractivity contribution in [1.82, 2.24) is 15.5 Å². The maximum Gasteiger partial charge on any atom is 0.277 e. The number of thioether (sulfide) groups is 1. The van der Waals surface area contributed by atoms with Gasteiger partial charge in [-0.1, -0.05) is 36.4 Å². The number of carbonyl (C=O) groups is 1. The van der Waals surface area contributed by atoms with Crippen LogP contribution in [0.2, 0.25) is 0 Å². The molecule has 0 aliphatic rings. The van der Waals surface area contributed by atoms with Crippen molar-refractivity contribution < 1.29 is 9.21 Å². The first-order valence-electron chi connectivity index (χ1n) is 6.95. The Morgan fingerprint density at radius 2 is 2.24 bits per heavy atom. The minimum absolute atomic E-state index is 0.0165. The number of aryl methyl sites for hydroxylation is 1. The van der Waals surface area contributed by atoms with E-state index in [-0.39, 0.29) is 11.2 Å². The Labute approximate surface area is 128 Å². The lowest BCUT2D eigenvalue weighted by Crippen LogP contribution is -2.31. The van der Waals surface area contributed by atoms with Crippen molar-refractivity contribution in [1.29, 1.82) is 0 Å². The molecule has 1 atom stereocenters. The third-order valence-corrected chi connectivity index (χ3v) is 3.80. The van der Waals surface area contributed by atoms with E-state index >= 15 is 0 Å². The smallest absolute Gasteiger partial charge is 0.277 e. The molecule has 1 amide bonds. The molecule has 0 bridgehead atoms. The maximum absolute atomic E-state index is 11.8. The third-order valence-electron chi connectivity index (χ3n) is 2.87. The number of hydrogen-bond donors (Lipinski definition) is 1. The van der Waals surface area contributed by atoms with Gasteiger partial charge in [0.25, 0.3) is 5.22 Å². The summed E-state index contributed by atoms with van der Waals surface area (Å²) in [4.78, 5) is 11.8. The van der Waals surface area contributed by atoms with Gasteiger partial charge in [-0.05, 0) is 32.4 Å². The molecule has 1 aromatic heterocycles. The Hall–Kier alpha value is -1.82. The topological polar surface area (TPSA) is 68.0 Å². The van der Waals surface area contributed by atoms with Crippen LogP contribution < -0.4 is 5.32 Å². The molecule has 2 rings (SSSR count). The molecule has 0 saturated carbocycles. The van der Waals surface area contributed by atoms with Crippen molar-refractivity contribution in [2.45, 2.75) is 37.7 Å². The number of nitrogens with one attached hydrogen (secondary N) is 1. The van der Waals surface area contributed by atoms with Crippen LogP contribution in [0.4, 0.5) is 0 Å². The first-order valence-corrected chi connectivity index (χ1v) is 7.83. The van der Waals surface area contributed by atoms with Crippen LogP contribution in [0.15, 0.2) is 33.9 Å². The lowest BCUT2D eigenvalue weighted by atomic mass is 10.1. The highest BCUT2D eigenvalue weighted by Crippen LogP contribution is 2.26. The summed E-state index contributed by atoms with van der Waals surface area (Å²) < 4.78 is 5.61. The summed E-state index contributed by atoms with van der Waals surface area (Å²) in [6.45, 7) is 6.54. The summed E-state index contributed by atoms with van der Waals surface area (Å²) in [7, 11) is 0. The van der Waals surface area contributed by atoms with Gasteiger partial charge in [-0.2, -0.15) is 0 Å². The molecule has 1 N–H and O–H groups in total. The number of aromatic nitrogens is 2. The van der Waals surface area contributed by atoms with E-state index in [2.05, 4.69) is 15.5 Å². The van der Waals surface area contributed by atoms with E-state index < -0.39 is 0 Å². The van der Waals surface area contributed by atoms with E-state index in [0.29, 0.717) is 17.7 Å². The van der Waals surface area contributed by atoms with Gasteiger partial charge in [0.2, 0.25) is 11.8 Å². The fraction of sp³-hybridized carbons (Fsp3) is 0.400. The lowest BCUT2D eigenvalue weighted by Gasteiger charge is -2.08. The average molecular weight is 305 g/mol. The average Bonchev–Trinajstić information content (AvgIpc) is 2.93. The fourth-order valence-corrected chi connectivity index (χ4v) is 2.46. The second-order valence-electron chi connectivity index (χ2n) is 4.79. The number of benzene rings is 1. The maximum atomic E-state index is 11.8. The van der Waals surface area contributed by atoms with Gasteiger partial charge in [0.1, 0.15) is 0 Å². The highest BCUT2D eigenvalue weighted by atomic mass is 32.2. The van der Waals surface area contributed by atoms with E-state index in [1.165, 1.54) is 11.8 Å². The SMILES string of the molecule is CCCNC(=O)[C@@H](C)Sc1nnc(-c2cccc(C)c2)o1. The van der Waals surface area contributed by atoms with Crippen molar-refractivity contribution in [3.63, 3.8) is 0 Å². The molecule has 0 radical (unpaired) electrons. The molecular formula is C15H19N3O2S. The molecule has 1 aromatic carbocycles. The van der Waals surface area contributed by atoms with Crippen LogP contribution in [-0.4, -0.2) is 27.9 Å². The van der Waals surface area contributed by atoms with Crippen molar-refractivity contribution in [2.75, 3.05) is 6.54 Å². The highest BCUT2D eigenvalue weighted by molar-refractivity contribution is 8.00. The predicted octanol–water partition coefficient (Wildman–Crippen LogP) is 3.05. The zero-order valence-electron chi connectivity index (χ0n) is 12.4. The van der Waals surface area contributed by atoms with Crippen LogP contribution in [0.3, 0.4) is 0 Å². The molecule has 1 heterocycles. The second-order valence-corrected chi connectivity index (χ2v) is 6.09. The Bertz CT molecular complexity index is 612. The summed E-state index contributed by atoms with van der Waals surface area (Å²) >= 11 is 1.27. The van der Waals surface area contributed by atoms with E-state index in [9.17, 15) is 4.79 Å². The minimum Gasteiger partial charge on any atom is -0.411 e. The molecule has 0 aliphatic heterocycles. The molecule has 0 saturated heterocycles. The number of rotatable bonds is 6. The van der Waals surface area contributed by atoms with Gasteiger partial charge in [-0.15, -0.1) is 10.2 Å². The van der Waals surface area contributed by atoms with Crippen molar-refractivity contribution in [3.8, 4) is 11.5 Å². The summed E-state index contributed by atoms with van der Waals surface area (Å²) in [6.07, 6.45) is 0.918. The van der Waals surface area contributed by atoms with Gasteiger partial charge in [0, 0.05) is 12.1 Å². The van der Waals surface area contributed by atoms with Gasteiger partial charge in [0.15, 0.2) is 0 Å². The summed E-state index contributed by atoms with van der Waals surface area (Å²) in [5, 5.41) is 11.0. The van der Waals surface area contributed by atoms with E-state index in [0.717, 1.165) is 17.5 Å². The van der Waals surface area contributed by atoms with Crippen LogP contribution in [-0.2, 0) is 4.79 Å². The van der Waals surface area contributed by atoms with Crippen molar-refractivity contribution >= 4 is 17.7 Å². The molecule has 2 aromatic rings. The van der Waals surface area contributed by atoms with Crippen LogP contribution in [0.5, 0.6) is 0 Å². The molecule has 0 spiro atoms. The monoisotopic (exact) mass is 305 g/mol. The van der Waals surface area contributed by atoms with Gasteiger partial charge in [0.05, 0.1) is 5.25 Å². The van der Waals surface area contributed by atoms with Gasteiger partial charge in [-0.25, -0.2) is 0 Å². The standard InChI is InChI=1S/C15H19N3O2S/c1-4-8-16-13(19)11(3)21-15-18-17-14(20-15)12-7-5-6-10(2)9-12/h5-7,9,11H,4,8H2,1-3H3,(H,16,19)/t11-/m1/s1. The van der Waals surface area contributed by atoms with E-state index in [1.807, 2.05) is 45.0 Å². The van der Waals surface area contributed by atoms with E-state index in [4.69, 9.17) is 4.42 Å². The van der Waals surface area contributed by atoms with E-state index in [1.54, 1.807) is 0 Å². The fourth-order valence-electron chi connectivity index (χ4n) is 1.75. The van der Waals surface area contributed by atoms with Crippen molar-refractivity contribution in [2.24, 2.45) is 0 Å². The lowest BCUT2D eigenvalue weighted by molar-refractivity contribution is -0.120. The number of carbonyl (C=O) groups excluding carboxylic acids is 1. The second kappa shape index (κ2) is 7.26. The zero-order valence-corrected chi connectivity index (χ0v) is 13.2. The Morgan fingerprint density at radius 1 is 1.43 bits per heavy atom. The molecule has 112 valence electrons. The van der Waals surface area contributed by atoms with Crippen molar-refractivity contribution in [3.05, 3.63) is 29.8 Å². The molecular weight excluding hydrogens is 286 g/mol. The minimum atomic E-state index is -0.262. The Kier molecular flexibility index (Phi) is 5.38. The molecule has 6 heteroatoms. The molecule has 0 fully saturated rings. The first-order chi connectivity index (χ1) is 10.1. The summed E-state index contributed by atoms with van der Waals surface area (Å²) in [6, 6.07) is 7.86. The molecule has 0 unspecified atom stereocenters. The zero-order chi connectivity index (χ0) is 15.2. The Morgan fingerprint density at radius 3 is 2.95 bits per heavy atom. The van der Waals surface area contributed by atoms with Gasteiger partial charge >= 0.3 is 0 Å². The number of hydrogen-bond acceptors (Lipinski definition) is 5. The highest BCUT2D eigenvalue weighted by Gasteiger charge is 2.18. The quantitative estimate of drug-likeness (QED) is 0.831. The molecule has 21 heavy (non-hydrogen) atoms. The van der Waals surface area contributed by atoms with Gasteiger partial charge < -0.3 is 9.73 Å². The van der Waals surface area contributed by atoms with Crippen LogP contribution in [0, 0.1) is 6.92 Å². The third kappa shape index (κ3) is 4.32. The number of amides is 1. The molecule has 5 nitrogen and oxygen atoms in total. The largest absolute Gasteiger partial charge is 0.411 e. The van der Waals surface area contributed by atoms with Crippen LogP contribution in [0.1, 0.15) is 25.8 Å². The van der Waals surface area contributed by atoms with Gasteiger partial charge in [-0.3, -0.25) is 4.79 Å². The normalized spacial score (nSPS) is 12.1. The van der Waals surface area contributed by atoms with Crippen LogP contribution >= 0.6 is 11.8 Å². The number of nitrogens with zero attached hydrogens (tertiary/aromatic N) is 2. The van der Waals surface area contributed by atoms with Crippen LogP contribution in [0.25, 0.3) is 11.5 Å². The summed E-state index contributed by atoms with van der Waals surface area (Å²) in [5.41, 5.74) is 2.02. The summed E-state index contributed by atoms with van der Waals surface area (Å²) in [5.74, 6) is 0.458. The molecule has 0 aliphatic carbocycles. The first kappa shape index (κ1) is 15.6. The Balaban J connectivity index is 2.01. The predicted molar refractivity (Wildman–Crippen MR) is 83.1 cm³/mol.